The van der Waals surface area contributed by atoms with E-state index in [9.17, 15) is 13.6 Å². The second kappa shape index (κ2) is 14.6. The quantitative estimate of drug-likeness (QED) is 0.124. The van der Waals surface area contributed by atoms with Crippen LogP contribution in [0.3, 0.4) is 0 Å². The monoisotopic (exact) mass is 528 g/mol. The summed E-state index contributed by atoms with van der Waals surface area (Å²) in [4.78, 5) is 13.2. The Balaban J connectivity index is 1.28. The van der Waals surface area contributed by atoms with Gasteiger partial charge in [-0.25, -0.2) is 8.78 Å². The topological polar surface area (TPSA) is 26.3 Å². The molecule has 0 radical (unpaired) electrons. The second-order valence-corrected chi connectivity index (χ2v) is 12.6. The van der Waals surface area contributed by atoms with Gasteiger partial charge >= 0.3 is 5.97 Å². The van der Waals surface area contributed by atoms with Crippen LogP contribution in [0.5, 0.6) is 5.75 Å². The number of fused-ring (bicyclic) bond motifs is 1. The van der Waals surface area contributed by atoms with Crippen LogP contribution in [0.25, 0.3) is 0 Å². The van der Waals surface area contributed by atoms with E-state index in [0.717, 1.165) is 37.0 Å². The summed E-state index contributed by atoms with van der Waals surface area (Å²) in [6, 6.07) is 2.37. The van der Waals surface area contributed by atoms with E-state index < -0.39 is 11.6 Å². The van der Waals surface area contributed by atoms with Crippen molar-refractivity contribution in [2.24, 2.45) is 35.5 Å². The molecule has 0 amide bonds. The van der Waals surface area contributed by atoms with Gasteiger partial charge in [-0.15, -0.1) is 0 Å². The number of unbranched alkanes of at least 4 members (excludes halogenated alkanes) is 3. The number of esters is 1. The Labute approximate surface area is 230 Å². The molecule has 0 bridgehead atoms. The third-order valence-corrected chi connectivity index (χ3v) is 10.1. The summed E-state index contributed by atoms with van der Waals surface area (Å²) in [5.74, 6) is 1.89. The molecule has 1 aromatic carbocycles. The smallest absolute Gasteiger partial charge is 0.314 e. The summed E-state index contributed by atoms with van der Waals surface area (Å²) in [6.45, 7) is 4.17. The molecular weight excluding hydrogens is 478 g/mol. The van der Waals surface area contributed by atoms with Crippen molar-refractivity contribution >= 4 is 5.97 Å². The molecule has 0 aliphatic heterocycles. The lowest BCUT2D eigenvalue weighted by atomic mass is 9.59. The van der Waals surface area contributed by atoms with Gasteiger partial charge in [0, 0.05) is 17.7 Å². The number of ether oxygens (including phenoxy) is 1. The first kappa shape index (κ1) is 29.3. The predicted molar refractivity (Wildman–Crippen MR) is 151 cm³/mol. The fourth-order valence-corrected chi connectivity index (χ4v) is 7.99. The van der Waals surface area contributed by atoms with Gasteiger partial charge in [0.15, 0.2) is 0 Å². The predicted octanol–water partition coefficient (Wildman–Crippen LogP) is 9.99. The Morgan fingerprint density at radius 2 is 1.66 bits per heavy atom. The molecule has 3 fully saturated rings. The molecule has 4 atom stereocenters. The zero-order valence-electron chi connectivity index (χ0n) is 23.9. The van der Waals surface area contributed by atoms with Crippen molar-refractivity contribution in [3.63, 3.8) is 0 Å². The van der Waals surface area contributed by atoms with Gasteiger partial charge in [-0.2, -0.15) is 0 Å². The van der Waals surface area contributed by atoms with Crippen molar-refractivity contribution in [2.45, 2.75) is 123 Å². The van der Waals surface area contributed by atoms with Gasteiger partial charge in [0.2, 0.25) is 0 Å². The highest BCUT2D eigenvalue weighted by Crippen LogP contribution is 2.50. The molecule has 38 heavy (non-hydrogen) atoms. The first-order valence-corrected chi connectivity index (χ1v) is 15.8. The van der Waals surface area contributed by atoms with Crippen molar-refractivity contribution in [1.82, 2.24) is 0 Å². The number of halogens is 2. The van der Waals surface area contributed by atoms with Crippen molar-refractivity contribution < 1.29 is 18.3 Å². The summed E-state index contributed by atoms with van der Waals surface area (Å²) >= 11 is 0. The van der Waals surface area contributed by atoms with E-state index in [1.54, 1.807) is 0 Å². The molecule has 0 saturated heterocycles. The molecule has 4 rings (SSSR count). The van der Waals surface area contributed by atoms with Crippen LogP contribution in [-0.2, 0) is 11.2 Å². The maximum absolute atomic E-state index is 14.6. The summed E-state index contributed by atoms with van der Waals surface area (Å²) in [6.07, 6.45) is 23.9. The molecule has 0 N–H and O–H groups in total. The van der Waals surface area contributed by atoms with Gasteiger partial charge in [0.25, 0.3) is 0 Å². The standard InChI is InChI=1S/C34H50F2O2/c1-3-5-7-9-11-24-15-17-25(18-16-24)26-19-20-29-27(21-26)12-10-14-30(29)34(37)38-28-22-32(35)31(33(36)23-28)13-8-6-4-2/h4,6,22-27,29-30H,3,5,7-21H2,1-2H3/b6-4+. The molecule has 4 unspecified atom stereocenters. The Morgan fingerprint density at radius 3 is 2.37 bits per heavy atom. The summed E-state index contributed by atoms with van der Waals surface area (Å²) in [5.41, 5.74) is 0.0597. The number of benzene rings is 1. The number of rotatable bonds is 11. The lowest BCUT2D eigenvalue weighted by Crippen LogP contribution is -2.40. The SMILES string of the molecule is C/C=C/CCc1c(F)cc(OC(=O)C2CCCC3CC(C4CCC(CCCCCC)CC4)CCC32)cc1F. The van der Waals surface area contributed by atoms with Crippen molar-refractivity contribution in [3.8, 4) is 5.75 Å². The van der Waals surface area contributed by atoms with Crippen LogP contribution in [0.1, 0.15) is 122 Å². The van der Waals surface area contributed by atoms with E-state index in [0.29, 0.717) is 24.7 Å². The van der Waals surface area contributed by atoms with Crippen LogP contribution >= 0.6 is 0 Å². The minimum atomic E-state index is -0.630. The van der Waals surface area contributed by atoms with Crippen LogP contribution < -0.4 is 4.74 Å². The van der Waals surface area contributed by atoms with Crippen LogP contribution in [-0.4, -0.2) is 5.97 Å². The molecule has 0 aromatic heterocycles. The van der Waals surface area contributed by atoms with Crippen molar-refractivity contribution in [1.29, 1.82) is 0 Å². The highest BCUT2D eigenvalue weighted by Gasteiger charge is 2.43. The summed E-state index contributed by atoms with van der Waals surface area (Å²) in [7, 11) is 0. The lowest BCUT2D eigenvalue weighted by molar-refractivity contribution is -0.144. The minimum absolute atomic E-state index is 0.00190. The fraction of sp³-hybridized carbons (Fsp3) is 0.735. The zero-order valence-corrected chi connectivity index (χ0v) is 23.9. The minimum Gasteiger partial charge on any atom is -0.426 e. The summed E-state index contributed by atoms with van der Waals surface area (Å²) in [5, 5.41) is 0. The number of hydrogen-bond donors (Lipinski definition) is 0. The normalized spacial score (nSPS) is 29.8. The van der Waals surface area contributed by atoms with E-state index in [1.165, 1.54) is 89.2 Å². The van der Waals surface area contributed by atoms with Gasteiger partial charge in [-0.1, -0.05) is 76.9 Å². The first-order chi connectivity index (χ1) is 18.5. The molecule has 3 aliphatic carbocycles. The van der Waals surface area contributed by atoms with Gasteiger partial charge in [-0.05, 0) is 87.9 Å². The highest BCUT2D eigenvalue weighted by atomic mass is 19.1. The Kier molecular flexibility index (Phi) is 11.3. The Morgan fingerprint density at radius 1 is 0.921 bits per heavy atom. The molecule has 0 spiro atoms. The third-order valence-electron chi connectivity index (χ3n) is 10.1. The molecule has 0 heterocycles. The number of carbonyl (C=O) groups is 1. The Bertz CT molecular complexity index is 894. The van der Waals surface area contributed by atoms with E-state index in [2.05, 4.69) is 6.92 Å². The fourth-order valence-electron chi connectivity index (χ4n) is 7.99. The van der Waals surface area contributed by atoms with Crippen LogP contribution in [0.4, 0.5) is 8.78 Å². The average molecular weight is 529 g/mol. The maximum Gasteiger partial charge on any atom is 0.314 e. The van der Waals surface area contributed by atoms with Crippen LogP contribution in [0.2, 0.25) is 0 Å². The maximum atomic E-state index is 14.6. The van der Waals surface area contributed by atoms with E-state index >= 15 is 0 Å². The second-order valence-electron chi connectivity index (χ2n) is 12.6. The molecule has 4 heteroatoms. The van der Waals surface area contributed by atoms with Crippen molar-refractivity contribution in [2.75, 3.05) is 0 Å². The van der Waals surface area contributed by atoms with Crippen molar-refractivity contribution in [3.05, 3.63) is 41.5 Å². The van der Waals surface area contributed by atoms with Gasteiger partial charge in [0.1, 0.15) is 17.4 Å². The van der Waals surface area contributed by atoms with Crippen LogP contribution in [0, 0.1) is 47.1 Å². The number of carbonyl (C=O) groups excluding carboxylic acids is 1. The van der Waals surface area contributed by atoms with E-state index in [1.807, 2.05) is 19.1 Å². The molecule has 3 aliphatic rings. The van der Waals surface area contributed by atoms with Gasteiger partial charge in [-0.3, -0.25) is 4.79 Å². The van der Waals surface area contributed by atoms with E-state index in [4.69, 9.17) is 4.74 Å². The zero-order chi connectivity index (χ0) is 26.9. The van der Waals surface area contributed by atoms with E-state index in [-0.39, 0.29) is 23.2 Å². The number of allylic oxidation sites excluding steroid dienone is 2. The Hall–Kier alpha value is -1.71. The highest BCUT2D eigenvalue weighted by molar-refractivity contribution is 5.75. The molecule has 3 saturated carbocycles. The molecular formula is C34H50F2O2. The lowest BCUT2D eigenvalue weighted by Gasteiger charge is -2.46. The first-order valence-electron chi connectivity index (χ1n) is 15.8. The van der Waals surface area contributed by atoms with Gasteiger partial charge < -0.3 is 4.74 Å². The largest absolute Gasteiger partial charge is 0.426 e. The number of hydrogen-bond acceptors (Lipinski definition) is 2. The third kappa shape index (κ3) is 7.69. The van der Waals surface area contributed by atoms with Gasteiger partial charge in [0.05, 0.1) is 5.92 Å². The summed E-state index contributed by atoms with van der Waals surface area (Å²) < 4.78 is 34.8. The van der Waals surface area contributed by atoms with Crippen LogP contribution in [0.15, 0.2) is 24.3 Å². The molecule has 2 nitrogen and oxygen atoms in total. The molecule has 212 valence electrons. The average Bonchev–Trinajstić information content (AvgIpc) is 2.92. The molecule has 1 aromatic rings.